The van der Waals surface area contributed by atoms with E-state index in [0.717, 1.165) is 39.0 Å². The number of aromatic nitrogens is 1. The maximum atomic E-state index is 13.5. The molecule has 1 aromatic heterocycles. The number of ether oxygens (including phenoxy) is 1. The van der Waals surface area contributed by atoms with Gasteiger partial charge in [0.1, 0.15) is 18.7 Å². The van der Waals surface area contributed by atoms with Crippen molar-refractivity contribution in [3.05, 3.63) is 113 Å². The minimum absolute atomic E-state index is 0.0169. The minimum Gasteiger partial charge on any atom is -0.447 e. The number of anilines is 2. The van der Waals surface area contributed by atoms with Gasteiger partial charge in [-0.05, 0) is 56.4 Å². The van der Waals surface area contributed by atoms with E-state index in [4.69, 9.17) is 4.74 Å². The molecule has 2 N–H and O–H groups in total. The molecule has 0 saturated carbocycles. The first kappa shape index (κ1) is 30.7. The van der Waals surface area contributed by atoms with E-state index in [1.165, 1.54) is 0 Å². The molecule has 8 nitrogen and oxygen atoms in total. The van der Waals surface area contributed by atoms with Crippen molar-refractivity contribution in [1.29, 1.82) is 0 Å². The molecule has 0 atom stereocenters. The van der Waals surface area contributed by atoms with Crippen LogP contribution in [-0.2, 0) is 16.1 Å². The Balaban J connectivity index is 1.24. The van der Waals surface area contributed by atoms with Crippen LogP contribution in [0.25, 0.3) is 21.5 Å². The largest absolute Gasteiger partial charge is 0.447 e. The van der Waals surface area contributed by atoms with Crippen molar-refractivity contribution < 1.29 is 23.7 Å². The molecule has 0 saturated heterocycles. The minimum atomic E-state index is -0.603. The SMILES string of the molecule is CCC[n+]1cc(Br)cc(C(=O)NCCC(=O)N(CCOC(=O)Nc2cccc3ccccc23)c2ccc3ccccc3c2)c1. The molecule has 5 rings (SSSR count). The Morgan fingerprint density at radius 3 is 2.43 bits per heavy atom. The molecule has 0 aliphatic heterocycles. The van der Waals surface area contributed by atoms with Gasteiger partial charge in [0.15, 0.2) is 12.4 Å². The Labute approximate surface area is 264 Å². The van der Waals surface area contributed by atoms with Gasteiger partial charge in [-0.1, -0.05) is 73.7 Å². The predicted molar refractivity (Wildman–Crippen MR) is 177 cm³/mol. The number of halogens is 1. The van der Waals surface area contributed by atoms with Crippen LogP contribution < -0.4 is 20.1 Å². The van der Waals surface area contributed by atoms with E-state index >= 15 is 0 Å². The van der Waals surface area contributed by atoms with Crippen LogP contribution in [0.4, 0.5) is 16.2 Å². The van der Waals surface area contributed by atoms with E-state index in [-0.39, 0.29) is 37.9 Å². The number of nitrogens with one attached hydrogen (secondary N) is 2. The number of aryl methyl sites for hydroxylation is 1. The molecule has 44 heavy (non-hydrogen) atoms. The maximum absolute atomic E-state index is 13.5. The quantitative estimate of drug-likeness (QED) is 0.152. The van der Waals surface area contributed by atoms with Gasteiger partial charge < -0.3 is 15.0 Å². The van der Waals surface area contributed by atoms with Crippen LogP contribution in [0.1, 0.15) is 30.1 Å². The first-order valence-electron chi connectivity index (χ1n) is 14.6. The van der Waals surface area contributed by atoms with Crippen LogP contribution >= 0.6 is 15.9 Å². The van der Waals surface area contributed by atoms with Crippen molar-refractivity contribution in [1.82, 2.24) is 5.32 Å². The lowest BCUT2D eigenvalue weighted by molar-refractivity contribution is -0.697. The molecule has 4 aromatic carbocycles. The highest BCUT2D eigenvalue weighted by Gasteiger charge is 2.19. The maximum Gasteiger partial charge on any atom is 0.411 e. The number of benzene rings is 4. The highest BCUT2D eigenvalue weighted by atomic mass is 79.9. The van der Waals surface area contributed by atoms with Crippen molar-refractivity contribution in [2.75, 3.05) is 29.9 Å². The summed E-state index contributed by atoms with van der Waals surface area (Å²) >= 11 is 3.47. The summed E-state index contributed by atoms with van der Waals surface area (Å²) in [6.07, 6.45) is 4.14. The number of amides is 3. The lowest BCUT2D eigenvalue weighted by atomic mass is 10.1. The van der Waals surface area contributed by atoms with E-state index in [0.29, 0.717) is 16.9 Å². The van der Waals surface area contributed by atoms with Crippen molar-refractivity contribution in [3.8, 4) is 0 Å². The summed E-state index contributed by atoms with van der Waals surface area (Å²) in [6, 6.07) is 28.9. The number of rotatable bonds is 11. The Morgan fingerprint density at radius 1 is 0.864 bits per heavy atom. The lowest BCUT2D eigenvalue weighted by Gasteiger charge is -2.23. The second-order valence-corrected chi connectivity index (χ2v) is 11.3. The number of carbonyl (C=O) groups is 3. The fourth-order valence-electron chi connectivity index (χ4n) is 5.08. The third kappa shape index (κ3) is 7.79. The monoisotopic (exact) mass is 653 g/mol. The van der Waals surface area contributed by atoms with E-state index in [9.17, 15) is 14.4 Å². The van der Waals surface area contributed by atoms with Gasteiger partial charge in [0.05, 0.1) is 16.7 Å². The van der Waals surface area contributed by atoms with Crippen LogP contribution in [0, 0.1) is 0 Å². The smallest absolute Gasteiger partial charge is 0.411 e. The number of nitrogens with zero attached hydrogens (tertiary/aromatic N) is 2. The van der Waals surface area contributed by atoms with Gasteiger partial charge in [0.2, 0.25) is 5.91 Å². The molecule has 224 valence electrons. The molecular formula is C35H34BrN4O4+. The Morgan fingerprint density at radius 2 is 1.61 bits per heavy atom. The molecular weight excluding hydrogens is 620 g/mol. The normalized spacial score (nSPS) is 10.9. The Bertz CT molecular complexity index is 1800. The van der Waals surface area contributed by atoms with E-state index in [1.54, 1.807) is 17.2 Å². The van der Waals surface area contributed by atoms with E-state index in [1.807, 2.05) is 95.7 Å². The number of hydrogen-bond donors (Lipinski definition) is 2. The summed E-state index contributed by atoms with van der Waals surface area (Å²) in [6.45, 7) is 3.15. The van der Waals surface area contributed by atoms with Crippen LogP contribution in [0.2, 0.25) is 0 Å². The molecule has 1 heterocycles. The average Bonchev–Trinajstić information content (AvgIpc) is 3.03. The molecule has 0 fully saturated rings. The van der Waals surface area contributed by atoms with Gasteiger partial charge in [0, 0.05) is 30.5 Å². The summed E-state index contributed by atoms with van der Waals surface area (Å²) in [7, 11) is 0. The van der Waals surface area contributed by atoms with Gasteiger partial charge in [-0.3, -0.25) is 14.9 Å². The van der Waals surface area contributed by atoms with Gasteiger partial charge in [-0.15, -0.1) is 0 Å². The van der Waals surface area contributed by atoms with Crippen LogP contribution in [0.3, 0.4) is 0 Å². The van der Waals surface area contributed by atoms with Crippen LogP contribution in [0.5, 0.6) is 0 Å². The van der Waals surface area contributed by atoms with Crippen molar-refractivity contribution in [2.45, 2.75) is 26.3 Å². The zero-order chi connectivity index (χ0) is 30.9. The van der Waals surface area contributed by atoms with Gasteiger partial charge >= 0.3 is 6.09 Å². The van der Waals surface area contributed by atoms with E-state index in [2.05, 4.69) is 33.5 Å². The first-order valence-corrected chi connectivity index (χ1v) is 15.4. The van der Waals surface area contributed by atoms with Gasteiger partial charge in [-0.2, -0.15) is 0 Å². The highest BCUT2D eigenvalue weighted by molar-refractivity contribution is 9.10. The summed E-state index contributed by atoms with van der Waals surface area (Å²) in [4.78, 5) is 40.7. The number of hydrogen-bond acceptors (Lipinski definition) is 4. The molecule has 0 aliphatic carbocycles. The molecule has 9 heteroatoms. The third-order valence-corrected chi connectivity index (χ3v) is 7.61. The lowest BCUT2D eigenvalue weighted by Crippen LogP contribution is -2.38. The second-order valence-electron chi connectivity index (χ2n) is 10.4. The second kappa shape index (κ2) is 14.6. The Kier molecular flexibility index (Phi) is 10.2. The fourth-order valence-corrected chi connectivity index (χ4v) is 5.59. The zero-order valence-electron chi connectivity index (χ0n) is 24.5. The molecule has 0 aliphatic rings. The topological polar surface area (TPSA) is 91.6 Å². The molecule has 3 amide bonds. The van der Waals surface area contributed by atoms with Crippen LogP contribution in [-0.4, -0.2) is 37.6 Å². The summed E-state index contributed by atoms with van der Waals surface area (Å²) in [5, 5.41) is 9.63. The zero-order valence-corrected chi connectivity index (χ0v) is 26.0. The predicted octanol–water partition coefficient (Wildman–Crippen LogP) is 6.85. The fraction of sp³-hybridized carbons (Fsp3) is 0.200. The number of fused-ring (bicyclic) bond motifs is 2. The first-order chi connectivity index (χ1) is 21.4. The molecule has 5 aromatic rings. The van der Waals surface area contributed by atoms with E-state index < -0.39 is 6.09 Å². The van der Waals surface area contributed by atoms with Crippen molar-refractivity contribution in [2.24, 2.45) is 0 Å². The molecule has 0 unspecified atom stereocenters. The molecule has 0 radical (unpaired) electrons. The summed E-state index contributed by atoms with van der Waals surface area (Å²) in [5.74, 6) is -0.455. The summed E-state index contributed by atoms with van der Waals surface area (Å²) in [5.41, 5.74) is 1.85. The van der Waals surface area contributed by atoms with Gasteiger partial charge in [-0.25, -0.2) is 9.36 Å². The highest BCUT2D eigenvalue weighted by Crippen LogP contribution is 2.24. The molecule has 0 spiro atoms. The van der Waals surface area contributed by atoms with Crippen molar-refractivity contribution in [3.63, 3.8) is 0 Å². The number of pyridine rings is 1. The summed E-state index contributed by atoms with van der Waals surface area (Å²) < 4.78 is 8.27. The molecule has 0 bridgehead atoms. The third-order valence-electron chi connectivity index (χ3n) is 7.18. The van der Waals surface area contributed by atoms with Gasteiger partial charge in [0.25, 0.3) is 5.91 Å². The number of carbonyl (C=O) groups excluding carboxylic acids is 3. The van der Waals surface area contributed by atoms with Crippen LogP contribution in [0.15, 0.2) is 108 Å². The van der Waals surface area contributed by atoms with Crippen molar-refractivity contribution >= 4 is 66.8 Å². The Hall–Kier alpha value is -4.76. The average molecular weight is 655 g/mol. The standard InChI is InChI=1S/C35H33BrN4O4/c1-2-18-39-23-28(21-29(36)24-39)34(42)37-17-16-33(41)40(30-15-14-25-8-3-4-10-27(25)22-30)19-20-44-35(43)38-32-13-7-11-26-9-5-6-12-31(26)32/h3-15,21-24H,2,16-20H2,1H3,(H-,37,38,42,43)/p+1.